The maximum atomic E-state index is 10.5. The number of piperidine rings is 1. The summed E-state index contributed by atoms with van der Waals surface area (Å²) in [7, 11) is 0. The quantitative estimate of drug-likeness (QED) is 0.839. The highest BCUT2D eigenvalue weighted by Gasteiger charge is 2.21. The molecule has 21 heavy (non-hydrogen) atoms. The highest BCUT2D eigenvalue weighted by Crippen LogP contribution is 2.21. The van der Waals surface area contributed by atoms with Crippen LogP contribution in [-0.2, 0) is 4.79 Å². The molecule has 3 heterocycles. The van der Waals surface area contributed by atoms with Crippen molar-refractivity contribution in [3.63, 3.8) is 0 Å². The SMILES string of the molecule is O=C(O)CNCC1CCCN(c2ccn3nccc3n2)C1. The molecule has 2 aromatic rings. The number of aromatic nitrogens is 3. The van der Waals surface area contributed by atoms with Gasteiger partial charge in [-0.25, -0.2) is 9.50 Å². The summed E-state index contributed by atoms with van der Waals surface area (Å²) in [5.74, 6) is 0.613. The first-order chi connectivity index (χ1) is 10.2. The van der Waals surface area contributed by atoms with Crippen LogP contribution in [0, 0.1) is 5.92 Å². The first kappa shape index (κ1) is 13.8. The third-order valence-electron chi connectivity index (χ3n) is 3.80. The molecule has 2 N–H and O–H groups in total. The molecule has 2 aromatic heterocycles. The fourth-order valence-electron chi connectivity index (χ4n) is 2.80. The molecule has 1 fully saturated rings. The monoisotopic (exact) mass is 289 g/mol. The molecule has 0 aromatic carbocycles. The molecule has 0 saturated carbocycles. The van der Waals surface area contributed by atoms with Crippen LogP contribution in [-0.4, -0.2) is 51.9 Å². The van der Waals surface area contributed by atoms with Gasteiger partial charge in [0, 0.05) is 31.9 Å². The highest BCUT2D eigenvalue weighted by molar-refractivity contribution is 5.68. The summed E-state index contributed by atoms with van der Waals surface area (Å²) in [4.78, 5) is 17.4. The molecule has 3 rings (SSSR count). The molecule has 0 radical (unpaired) electrons. The van der Waals surface area contributed by atoms with E-state index in [-0.39, 0.29) is 6.54 Å². The van der Waals surface area contributed by atoms with E-state index in [2.05, 4.69) is 20.3 Å². The summed E-state index contributed by atoms with van der Waals surface area (Å²) in [6.45, 7) is 2.66. The smallest absolute Gasteiger partial charge is 0.317 e. The number of carboxylic acid groups (broad SMARTS) is 1. The molecule has 1 aliphatic heterocycles. The minimum absolute atomic E-state index is 0.0243. The molecular formula is C14H19N5O2. The van der Waals surface area contributed by atoms with Crippen molar-refractivity contribution in [2.24, 2.45) is 5.92 Å². The van der Waals surface area contributed by atoms with Crippen molar-refractivity contribution in [1.82, 2.24) is 19.9 Å². The molecule has 1 aliphatic rings. The van der Waals surface area contributed by atoms with Gasteiger partial charge in [0.25, 0.3) is 0 Å². The fraction of sp³-hybridized carbons (Fsp3) is 0.500. The maximum Gasteiger partial charge on any atom is 0.317 e. The molecular weight excluding hydrogens is 270 g/mol. The van der Waals surface area contributed by atoms with Crippen molar-refractivity contribution >= 4 is 17.4 Å². The highest BCUT2D eigenvalue weighted by atomic mass is 16.4. The molecule has 7 heteroatoms. The second-order valence-electron chi connectivity index (χ2n) is 5.40. The number of anilines is 1. The number of aliphatic carboxylic acids is 1. The van der Waals surface area contributed by atoms with Gasteiger partial charge in [-0.3, -0.25) is 4.79 Å². The van der Waals surface area contributed by atoms with Crippen LogP contribution in [0.5, 0.6) is 0 Å². The second-order valence-corrected chi connectivity index (χ2v) is 5.40. The minimum atomic E-state index is -0.810. The minimum Gasteiger partial charge on any atom is -0.480 e. The van der Waals surface area contributed by atoms with Gasteiger partial charge in [-0.2, -0.15) is 5.10 Å². The van der Waals surface area contributed by atoms with E-state index < -0.39 is 5.97 Å². The van der Waals surface area contributed by atoms with Crippen molar-refractivity contribution in [2.75, 3.05) is 31.1 Å². The lowest BCUT2D eigenvalue weighted by Crippen LogP contribution is -2.41. The molecule has 0 spiro atoms. The van der Waals surface area contributed by atoms with Crippen LogP contribution in [0.25, 0.3) is 5.65 Å². The predicted molar refractivity (Wildman–Crippen MR) is 78.4 cm³/mol. The van der Waals surface area contributed by atoms with Gasteiger partial charge in [0.1, 0.15) is 5.82 Å². The van der Waals surface area contributed by atoms with Crippen LogP contribution >= 0.6 is 0 Å². The van der Waals surface area contributed by atoms with Gasteiger partial charge < -0.3 is 15.3 Å². The lowest BCUT2D eigenvalue weighted by atomic mass is 9.98. The van der Waals surface area contributed by atoms with E-state index in [4.69, 9.17) is 5.11 Å². The molecule has 1 unspecified atom stereocenters. The number of hydrogen-bond donors (Lipinski definition) is 2. The molecule has 1 saturated heterocycles. The fourth-order valence-corrected chi connectivity index (χ4v) is 2.80. The van der Waals surface area contributed by atoms with Crippen LogP contribution < -0.4 is 10.2 Å². The van der Waals surface area contributed by atoms with Gasteiger partial charge in [0.15, 0.2) is 5.65 Å². The molecule has 0 amide bonds. The Labute approximate surface area is 122 Å². The number of carboxylic acids is 1. The first-order valence-corrected chi connectivity index (χ1v) is 7.20. The normalized spacial score (nSPS) is 19.0. The lowest BCUT2D eigenvalue weighted by Gasteiger charge is -2.33. The van der Waals surface area contributed by atoms with E-state index >= 15 is 0 Å². The van der Waals surface area contributed by atoms with E-state index in [0.29, 0.717) is 5.92 Å². The average molecular weight is 289 g/mol. The standard InChI is InChI=1S/C14H19N5O2/c20-14(21)9-15-8-11-2-1-6-18(10-11)12-4-7-19-13(17-12)3-5-16-19/h3-5,7,11,15H,1-2,6,8-10H2,(H,20,21). The summed E-state index contributed by atoms with van der Waals surface area (Å²) < 4.78 is 1.75. The number of nitrogens with zero attached hydrogens (tertiary/aromatic N) is 4. The van der Waals surface area contributed by atoms with Gasteiger partial charge in [-0.05, 0) is 24.8 Å². The first-order valence-electron chi connectivity index (χ1n) is 7.20. The molecule has 7 nitrogen and oxygen atoms in total. The van der Waals surface area contributed by atoms with Crippen molar-refractivity contribution in [2.45, 2.75) is 12.8 Å². The number of rotatable bonds is 5. The zero-order valence-corrected chi connectivity index (χ0v) is 11.8. The van der Waals surface area contributed by atoms with Gasteiger partial charge in [0.2, 0.25) is 0 Å². The Morgan fingerprint density at radius 2 is 2.38 bits per heavy atom. The van der Waals surface area contributed by atoms with Gasteiger partial charge >= 0.3 is 5.97 Å². The Balaban J connectivity index is 1.63. The van der Waals surface area contributed by atoms with Gasteiger partial charge in [-0.15, -0.1) is 0 Å². The van der Waals surface area contributed by atoms with Crippen molar-refractivity contribution in [3.8, 4) is 0 Å². The number of fused-ring (bicyclic) bond motifs is 1. The van der Waals surface area contributed by atoms with E-state index in [9.17, 15) is 4.79 Å². The average Bonchev–Trinajstić information content (AvgIpc) is 2.94. The van der Waals surface area contributed by atoms with E-state index in [0.717, 1.165) is 43.9 Å². The summed E-state index contributed by atoms with van der Waals surface area (Å²) in [6, 6.07) is 3.87. The third kappa shape index (κ3) is 3.30. The van der Waals surface area contributed by atoms with Crippen molar-refractivity contribution in [1.29, 1.82) is 0 Å². The van der Waals surface area contributed by atoms with Gasteiger partial charge in [-0.1, -0.05) is 0 Å². The number of hydrogen-bond acceptors (Lipinski definition) is 5. The Bertz CT molecular complexity index is 627. The van der Waals surface area contributed by atoms with Crippen LogP contribution in [0.1, 0.15) is 12.8 Å². The van der Waals surface area contributed by atoms with Crippen LogP contribution in [0.3, 0.4) is 0 Å². The van der Waals surface area contributed by atoms with E-state index in [1.807, 2.05) is 18.3 Å². The molecule has 1 atom stereocenters. The maximum absolute atomic E-state index is 10.5. The second kappa shape index (κ2) is 6.09. The largest absolute Gasteiger partial charge is 0.480 e. The summed E-state index contributed by atoms with van der Waals surface area (Å²) >= 11 is 0. The van der Waals surface area contributed by atoms with Gasteiger partial charge in [0.05, 0.1) is 12.7 Å². The van der Waals surface area contributed by atoms with Crippen LogP contribution in [0.4, 0.5) is 5.82 Å². The summed E-state index contributed by atoms with van der Waals surface area (Å²) in [5, 5.41) is 15.8. The van der Waals surface area contributed by atoms with E-state index in [1.165, 1.54) is 0 Å². The number of carbonyl (C=O) groups is 1. The van der Waals surface area contributed by atoms with Crippen LogP contribution in [0.2, 0.25) is 0 Å². The Morgan fingerprint density at radius 1 is 1.48 bits per heavy atom. The third-order valence-corrected chi connectivity index (χ3v) is 3.80. The summed E-state index contributed by atoms with van der Waals surface area (Å²) in [5.41, 5.74) is 0.846. The lowest BCUT2D eigenvalue weighted by molar-refractivity contribution is -0.136. The molecule has 0 bridgehead atoms. The Hall–Kier alpha value is -2.15. The molecule has 112 valence electrons. The van der Waals surface area contributed by atoms with Crippen molar-refractivity contribution in [3.05, 3.63) is 24.5 Å². The predicted octanol–water partition coefficient (Wildman–Crippen LogP) is 0.620. The Kier molecular flexibility index (Phi) is 4.01. The van der Waals surface area contributed by atoms with E-state index in [1.54, 1.807) is 10.7 Å². The van der Waals surface area contributed by atoms with Crippen LogP contribution in [0.15, 0.2) is 24.5 Å². The zero-order chi connectivity index (χ0) is 14.7. The van der Waals surface area contributed by atoms with Crippen molar-refractivity contribution < 1.29 is 9.90 Å². The summed E-state index contributed by atoms with van der Waals surface area (Å²) in [6.07, 6.45) is 5.88. The Morgan fingerprint density at radius 3 is 3.24 bits per heavy atom. The number of nitrogens with one attached hydrogen (secondary N) is 1. The zero-order valence-electron chi connectivity index (χ0n) is 11.8. The topological polar surface area (TPSA) is 82.8 Å². The molecule has 0 aliphatic carbocycles.